The lowest BCUT2D eigenvalue weighted by molar-refractivity contribution is -0.384. The zero-order chi connectivity index (χ0) is 26.9. The summed E-state index contributed by atoms with van der Waals surface area (Å²) in [5.41, 5.74) is 2.81. The highest BCUT2D eigenvalue weighted by atomic mass is 35.5. The van der Waals surface area contributed by atoms with Crippen LogP contribution in [0, 0.1) is 10.1 Å². The Morgan fingerprint density at radius 1 is 1.05 bits per heavy atom. The number of non-ortho nitro benzene ring substituents is 1. The molecule has 1 heterocycles. The van der Waals surface area contributed by atoms with Gasteiger partial charge < -0.3 is 14.8 Å². The maximum absolute atomic E-state index is 13.4. The molecule has 10 heteroatoms. The Morgan fingerprint density at radius 2 is 1.70 bits per heavy atom. The molecule has 37 heavy (non-hydrogen) atoms. The van der Waals surface area contributed by atoms with Crippen LogP contribution in [0.5, 0.6) is 0 Å². The first-order valence-electron chi connectivity index (χ1n) is 11.8. The van der Waals surface area contributed by atoms with Crippen molar-refractivity contribution < 1.29 is 24.0 Å². The lowest BCUT2D eigenvalue weighted by Gasteiger charge is -2.31. The summed E-state index contributed by atoms with van der Waals surface area (Å²) in [7, 11) is 1.93. The predicted molar refractivity (Wildman–Crippen MR) is 140 cm³/mol. The van der Waals surface area contributed by atoms with E-state index in [0.29, 0.717) is 30.0 Å². The Bertz CT molecular complexity index is 1190. The molecule has 1 aliphatic heterocycles. The highest BCUT2D eigenvalue weighted by Crippen LogP contribution is 2.40. The minimum Gasteiger partial charge on any atom is -0.463 e. The number of allylic oxidation sites excluding steroid dienone is 2. The average molecular weight is 528 g/mol. The molecule has 1 unspecified atom stereocenters. The molecule has 0 radical (unpaired) electrons. The van der Waals surface area contributed by atoms with Gasteiger partial charge in [0.25, 0.3) is 5.69 Å². The number of hydrogen-bond acceptors (Lipinski definition) is 8. The van der Waals surface area contributed by atoms with E-state index in [-0.39, 0.29) is 35.9 Å². The SMILES string of the molecule is CCOC(=O)C1=C(CCl)NC(C)=C(C(=O)OCCN(C)Cc2ccccc2)C1c1ccc([N+](=O)[O-])cc1. The molecular weight excluding hydrogens is 498 g/mol. The average Bonchev–Trinajstić information content (AvgIpc) is 2.88. The van der Waals surface area contributed by atoms with Crippen molar-refractivity contribution in [2.75, 3.05) is 32.7 Å². The fraction of sp³-hybridized carbons (Fsp3) is 0.333. The number of rotatable bonds is 11. The van der Waals surface area contributed by atoms with Crippen molar-refractivity contribution in [2.24, 2.45) is 0 Å². The predicted octanol–water partition coefficient (Wildman–Crippen LogP) is 4.29. The van der Waals surface area contributed by atoms with E-state index in [1.807, 2.05) is 42.3 Å². The summed E-state index contributed by atoms with van der Waals surface area (Å²) in [6, 6.07) is 15.6. The topological polar surface area (TPSA) is 111 Å². The second-order valence-corrected chi connectivity index (χ2v) is 8.82. The van der Waals surface area contributed by atoms with Gasteiger partial charge in [0, 0.05) is 36.6 Å². The molecule has 0 amide bonds. The zero-order valence-electron chi connectivity index (χ0n) is 21.0. The fourth-order valence-electron chi connectivity index (χ4n) is 4.19. The summed E-state index contributed by atoms with van der Waals surface area (Å²) in [5.74, 6) is -2.13. The number of alkyl halides is 1. The van der Waals surface area contributed by atoms with Crippen LogP contribution >= 0.6 is 11.6 Å². The first-order valence-corrected chi connectivity index (χ1v) is 12.4. The Balaban J connectivity index is 1.86. The van der Waals surface area contributed by atoms with Gasteiger partial charge in [-0.2, -0.15) is 0 Å². The Morgan fingerprint density at radius 3 is 2.30 bits per heavy atom. The van der Waals surface area contributed by atoms with Gasteiger partial charge in [0.2, 0.25) is 0 Å². The molecule has 0 saturated carbocycles. The summed E-state index contributed by atoms with van der Waals surface area (Å²) < 4.78 is 10.9. The number of nitro groups is 1. The van der Waals surface area contributed by atoms with E-state index >= 15 is 0 Å². The number of dihydropyridines is 1. The number of halogens is 1. The summed E-state index contributed by atoms with van der Waals surface area (Å²) in [6.07, 6.45) is 0. The van der Waals surface area contributed by atoms with Crippen molar-refractivity contribution in [3.05, 3.63) is 98.4 Å². The van der Waals surface area contributed by atoms with Gasteiger partial charge in [0.15, 0.2) is 0 Å². The molecule has 0 aliphatic carbocycles. The van der Waals surface area contributed by atoms with E-state index < -0.39 is 22.8 Å². The maximum atomic E-state index is 13.4. The van der Waals surface area contributed by atoms with E-state index in [0.717, 1.165) is 5.56 Å². The largest absolute Gasteiger partial charge is 0.463 e. The van der Waals surface area contributed by atoms with Crippen molar-refractivity contribution in [1.29, 1.82) is 0 Å². The van der Waals surface area contributed by atoms with Gasteiger partial charge in [-0.1, -0.05) is 42.5 Å². The van der Waals surface area contributed by atoms with Crippen LogP contribution in [0.3, 0.4) is 0 Å². The Kier molecular flexibility index (Phi) is 9.82. The lowest BCUT2D eigenvalue weighted by atomic mass is 9.80. The molecule has 2 aromatic rings. The number of nitrogens with zero attached hydrogens (tertiary/aromatic N) is 2. The molecule has 0 fully saturated rings. The Labute approximate surface area is 220 Å². The second-order valence-electron chi connectivity index (χ2n) is 8.55. The van der Waals surface area contributed by atoms with Gasteiger partial charge in [0.05, 0.1) is 34.5 Å². The number of nitrogens with one attached hydrogen (secondary N) is 1. The van der Waals surface area contributed by atoms with Gasteiger partial charge in [0.1, 0.15) is 6.61 Å². The quantitative estimate of drug-likeness (QED) is 0.199. The van der Waals surface area contributed by atoms with E-state index in [4.69, 9.17) is 21.1 Å². The number of benzene rings is 2. The molecule has 9 nitrogen and oxygen atoms in total. The second kappa shape index (κ2) is 13.0. The number of esters is 2. The fourth-order valence-corrected chi connectivity index (χ4v) is 4.40. The van der Waals surface area contributed by atoms with E-state index in [9.17, 15) is 19.7 Å². The van der Waals surface area contributed by atoms with Crippen molar-refractivity contribution in [2.45, 2.75) is 26.3 Å². The van der Waals surface area contributed by atoms with Crippen LogP contribution in [0.1, 0.15) is 30.9 Å². The van der Waals surface area contributed by atoms with Crippen LogP contribution in [0.15, 0.2) is 77.1 Å². The van der Waals surface area contributed by atoms with Crippen LogP contribution in [0.2, 0.25) is 0 Å². The van der Waals surface area contributed by atoms with Gasteiger partial charge >= 0.3 is 11.9 Å². The first-order chi connectivity index (χ1) is 17.8. The molecule has 1 aliphatic rings. The normalized spacial score (nSPS) is 15.4. The third kappa shape index (κ3) is 6.96. The monoisotopic (exact) mass is 527 g/mol. The van der Waals surface area contributed by atoms with Crippen LogP contribution in [-0.4, -0.2) is 54.4 Å². The lowest BCUT2D eigenvalue weighted by Crippen LogP contribution is -2.34. The highest BCUT2D eigenvalue weighted by Gasteiger charge is 2.39. The Hall–Kier alpha value is -3.69. The molecule has 0 bridgehead atoms. The molecule has 0 saturated heterocycles. The number of hydrogen-bond donors (Lipinski definition) is 1. The number of ether oxygens (including phenoxy) is 2. The van der Waals surface area contributed by atoms with Crippen LogP contribution in [0.25, 0.3) is 0 Å². The number of nitro benzene ring substituents is 1. The molecule has 196 valence electrons. The van der Waals surface area contributed by atoms with Crippen molar-refractivity contribution in [1.82, 2.24) is 10.2 Å². The summed E-state index contributed by atoms with van der Waals surface area (Å²) in [5, 5.41) is 14.2. The number of carbonyl (C=O) groups excluding carboxylic acids is 2. The van der Waals surface area contributed by atoms with Gasteiger partial charge in [-0.25, -0.2) is 9.59 Å². The third-order valence-electron chi connectivity index (χ3n) is 5.93. The smallest absolute Gasteiger partial charge is 0.336 e. The summed E-state index contributed by atoms with van der Waals surface area (Å²) >= 11 is 6.15. The van der Waals surface area contributed by atoms with Crippen LogP contribution in [0.4, 0.5) is 5.69 Å². The maximum Gasteiger partial charge on any atom is 0.336 e. The summed E-state index contributed by atoms with van der Waals surface area (Å²) in [6.45, 7) is 4.83. The van der Waals surface area contributed by atoms with Crippen molar-refractivity contribution in [3.63, 3.8) is 0 Å². The van der Waals surface area contributed by atoms with Crippen LogP contribution < -0.4 is 5.32 Å². The minimum atomic E-state index is -0.871. The van der Waals surface area contributed by atoms with Crippen molar-refractivity contribution >= 4 is 29.2 Å². The van der Waals surface area contributed by atoms with E-state index in [1.54, 1.807) is 13.8 Å². The molecule has 0 aromatic heterocycles. The van der Waals surface area contributed by atoms with E-state index in [1.165, 1.54) is 24.3 Å². The molecule has 0 spiro atoms. The molecule has 1 atom stereocenters. The van der Waals surface area contributed by atoms with Crippen LogP contribution in [-0.2, 0) is 25.6 Å². The zero-order valence-corrected chi connectivity index (χ0v) is 21.8. The van der Waals surface area contributed by atoms with E-state index in [2.05, 4.69) is 5.32 Å². The molecule has 1 N–H and O–H groups in total. The minimum absolute atomic E-state index is 0.0262. The number of carbonyl (C=O) groups is 2. The van der Waals surface area contributed by atoms with Crippen molar-refractivity contribution in [3.8, 4) is 0 Å². The van der Waals surface area contributed by atoms with Gasteiger partial charge in [-0.05, 0) is 32.0 Å². The standard InChI is InChI=1S/C27H30ClN3O6/c1-4-36-27(33)25-22(16-28)29-18(2)23(24(25)20-10-12-21(13-11-20)31(34)35)26(32)37-15-14-30(3)17-19-8-6-5-7-9-19/h5-13,24,29H,4,14-17H2,1-3H3. The third-order valence-corrected chi connectivity index (χ3v) is 6.20. The van der Waals surface area contributed by atoms with Gasteiger partial charge in [-0.3, -0.25) is 15.0 Å². The molecular formula is C27H30ClN3O6. The molecule has 3 rings (SSSR count). The highest BCUT2D eigenvalue weighted by molar-refractivity contribution is 6.20. The van der Waals surface area contributed by atoms with Gasteiger partial charge in [-0.15, -0.1) is 11.6 Å². The number of likely N-dealkylation sites (N-methyl/N-ethyl adjacent to an activating group) is 1. The molecule has 2 aromatic carbocycles. The first kappa shape index (κ1) is 27.9. The summed E-state index contributed by atoms with van der Waals surface area (Å²) in [4.78, 5) is 39.1.